The number of hydrogen-bond donors (Lipinski definition) is 2. The fraction of sp³-hybridized carbons (Fsp3) is 0.583. The molecule has 0 aromatic carbocycles. The zero-order valence-corrected chi connectivity index (χ0v) is 37.9. The number of likely N-dealkylation sites (N-methyl/N-ethyl adjacent to an activating group) is 1. The molecule has 0 saturated carbocycles. The van der Waals surface area contributed by atoms with Crippen LogP contribution in [0, 0.1) is 0 Å². The van der Waals surface area contributed by atoms with Gasteiger partial charge >= 0.3 is 19.8 Å². The van der Waals surface area contributed by atoms with E-state index in [-0.39, 0.29) is 26.1 Å². The molecule has 0 fully saturated rings. The van der Waals surface area contributed by atoms with E-state index in [0.717, 1.165) is 44.9 Å². The second kappa shape index (κ2) is 38.8. The predicted octanol–water partition coefficient (Wildman–Crippen LogP) is 11.3. The lowest BCUT2D eigenvalue weighted by Crippen LogP contribution is -2.37. The Morgan fingerprint density at radius 1 is 0.627 bits per heavy atom. The number of allylic oxidation sites excluding steroid dienone is 16. The van der Waals surface area contributed by atoms with E-state index in [1.165, 1.54) is 19.3 Å². The molecule has 334 valence electrons. The molecule has 0 rings (SSSR count). The molecule has 2 unspecified atom stereocenters. The minimum Gasteiger partial charge on any atom is -0.462 e. The lowest BCUT2D eigenvalue weighted by Gasteiger charge is -2.24. The van der Waals surface area contributed by atoms with Crippen LogP contribution in [0.3, 0.4) is 0 Å². The van der Waals surface area contributed by atoms with E-state index in [1.54, 1.807) is 12.2 Å². The van der Waals surface area contributed by atoms with Gasteiger partial charge in [0, 0.05) is 12.8 Å². The summed E-state index contributed by atoms with van der Waals surface area (Å²) in [6, 6.07) is 0. The summed E-state index contributed by atoms with van der Waals surface area (Å²) < 4.78 is 34.1. The smallest absolute Gasteiger partial charge is 0.462 e. The molecule has 0 aliphatic carbocycles. The van der Waals surface area contributed by atoms with Crippen LogP contribution < -0.4 is 0 Å². The van der Waals surface area contributed by atoms with Crippen molar-refractivity contribution in [3.63, 3.8) is 0 Å². The third-order valence-electron chi connectivity index (χ3n) is 8.37. The first-order chi connectivity index (χ1) is 28.4. The Kier molecular flexibility index (Phi) is 36.6. The maximum absolute atomic E-state index is 12.7. The number of phosphoric acid groups is 1. The zero-order valence-electron chi connectivity index (χ0n) is 37.0. The van der Waals surface area contributed by atoms with Crippen molar-refractivity contribution in [2.24, 2.45) is 0 Å². The third-order valence-corrected chi connectivity index (χ3v) is 9.35. The predicted molar refractivity (Wildman–Crippen MR) is 244 cm³/mol. The molecule has 59 heavy (non-hydrogen) atoms. The molecular formula is C48H79NO9P+. The number of unbranched alkanes of at least 4 members (excludes halogenated alkanes) is 5. The van der Waals surface area contributed by atoms with Crippen LogP contribution in [-0.4, -0.2) is 86.1 Å². The number of phosphoric ester groups is 1. The summed E-state index contributed by atoms with van der Waals surface area (Å²) in [4.78, 5) is 35.3. The van der Waals surface area contributed by atoms with Crippen molar-refractivity contribution < 1.29 is 47.2 Å². The number of carbonyl (C=O) groups is 2. The van der Waals surface area contributed by atoms with Gasteiger partial charge in [0.15, 0.2) is 6.10 Å². The van der Waals surface area contributed by atoms with E-state index in [2.05, 4.69) is 86.8 Å². The minimum absolute atomic E-state index is 0.00948. The van der Waals surface area contributed by atoms with E-state index in [1.807, 2.05) is 45.4 Å². The second-order valence-corrected chi connectivity index (χ2v) is 16.6. The van der Waals surface area contributed by atoms with E-state index in [4.69, 9.17) is 18.5 Å². The fourth-order valence-electron chi connectivity index (χ4n) is 4.94. The molecule has 0 saturated heterocycles. The van der Waals surface area contributed by atoms with Crippen molar-refractivity contribution in [2.45, 2.75) is 135 Å². The molecule has 0 aliphatic heterocycles. The van der Waals surface area contributed by atoms with Crippen LogP contribution >= 0.6 is 7.82 Å². The van der Waals surface area contributed by atoms with Crippen LogP contribution in [0.4, 0.5) is 0 Å². The molecule has 0 spiro atoms. The lowest BCUT2D eigenvalue weighted by molar-refractivity contribution is -0.870. The molecule has 0 bridgehead atoms. The number of hydrogen-bond acceptors (Lipinski definition) is 8. The summed E-state index contributed by atoms with van der Waals surface area (Å²) in [5.41, 5.74) is 0. The summed E-state index contributed by atoms with van der Waals surface area (Å²) in [5, 5.41) is 10.2. The Hall–Kier alpha value is -3.37. The number of carbonyl (C=O) groups excluding carboxylic acids is 2. The number of nitrogens with zero attached hydrogens (tertiary/aromatic N) is 1. The van der Waals surface area contributed by atoms with Gasteiger partial charge in [-0.05, 0) is 83.5 Å². The maximum atomic E-state index is 12.7. The van der Waals surface area contributed by atoms with Crippen molar-refractivity contribution >= 4 is 19.8 Å². The molecule has 0 aromatic rings. The molecular weight excluding hydrogens is 765 g/mol. The Morgan fingerprint density at radius 2 is 1.15 bits per heavy atom. The van der Waals surface area contributed by atoms with Gasteiger partial charge in [-0.2, -0.15) is 0 Å². The van der Waals surface area contributed by atoms with Crippen LogP contribution in [0.5, 0.6) is 0 Å². The average Bonchev–Trinajstić information content (AvgIpc) is 3.18. The molecule has 11 heteroatoms. The molecule has 0 heterocycles. The first-order valence-corrected chi connectivity index (χ1v) is 23.2. The quantitative estimate of drug-likeness (QED) is 0.0157. The first-order valence-electron chi connectivity index (χ1n) is 21.7. The van der Waals surface area contributed by atoms with Gasteiger partial charge in [-0.1, -0.05) is 136 Å². The highest BCUT2D eigenvalue weighted by Crippen LogP contribution is 2.43. The molecule has 0 amide bonds. The molecule has 0 radical (unpaired) electrons. The van der Waals surface area contributed by atoms with Crippen molar-refractivity contribution in [3.8, 4) is 0 Å². The Morgan fingerprint density at radius 3 is 1.73 bits per heavy atom. The van der Waals surface area contributed by atoms with Gasteiger partial charge in [-0.3, -0.25) is 18.6 Å². The SMILES string of the molecule is CC/C=C\C/C=C\C/C=C\C/C=C\C/C=C\CCCC(=O)OC[C@H](COP(=O)(O)OCC[N+](C)(C)C)OC(=O)CCC/C=C/C=C\C(O)C/C=C\C/C=C\CCCCC. The van der Waals surface area contributed by atoms with Gasteiger partial charge in [0.1, 0.15) is 19.8 Å². The Balaban J connectivity index is 4.67. The van der Waals surface area contributed by atoms with Crippen LogP contribution in [-0.2, 0) is 32.7 Å². The summed E-state index contributed by atoms with van der Waals surface area (Å²) in [5.74, 6) is -1.01. The van der Waals surface area contributed by atoms with Crippen LogP contribution in [0.2, 0.25) is 0 Å². The van der Waals surface area contributed by atoms with Gasteiger partial charge in [0.25, 0.3) is 0 Å². The largest absolute Gasteiger partial charge is 0.472 e. The fourth-order valence-corrected chi connectivity index (χ4v) is 5.68. The second-order valence-electron chi connectivity index (χ2n) is 15.2. The van der Waals surface area contributed by atoms with Gasteiger partial charge in [-0.15, -0.1) is 0 Å². The van der Waals surface area contributed by atoms with Gasteiger partial charge in [0.05, 0.1) is 33.9 Å². The summed E-state index contributed by atoms with van der Waals surface area (Å²) in [7, 11) is 1.34. The molecule has 2 N–H and O–H groups in total. The van der Waals surface area contributed by atoms with Crippen LogP contribution in [0.1, 0.15) is 123 Å². The Labute approximate surface area is 358 Å². The van der Waals surface area contributed by atoms with Gasteiger partial charge in [-0.25, -0.2) is 4.57 Å². The van der Waals surface area contributed by atoms with E-state index < -0.39 is 38.6 Å². The monoisotopic (exact) mass is 845 g/mol. The third kappa shape index (κ3) is 42.6. The zero-order chi connectivity index (χ0) is 43.7. The standard InChI is InChI=1S/C48H78NO9P/c1-6-8-10-12-14-16-17-18-19-20-21-22-23-25-27-31-35-39-47(51)55-43-46(44-57-59(53,54)56-42-41-49(3,4)5)58-48(52)40-36-32-28-30-34-38-45(50)37-33-29-26-24-15-13-11-9-7-2/h8,10,14-16,18-19,21-22,24-25,27-30,33-34,38,45-46,50H,6-7,9,11-13,17,20,23,26,31-32,35-37,39-44H2,1-5H3/p+1/b10-8-,16-14-,19-18-,22-21-,24-15-,27-25-,30-28+,33-29-,38-34-/t45?,46-/m1/s1. The van der Waals surface area contributed by atoms with Crippen molar-refractivity contribution in [2.75, 3.05) is 47.5 Å². The number of aliphatic hydroxyl groups excluding tert-OH is 1. The van der Waals surface area contributed by atoms with Crippen molar-refractivity contribution in [3.05, 3.63) is 109 Å². The highest BCUT2D eigenvalue weighted by atomic mass is 31.2. The maximum Gasteiger partial charge on any atom is 0.472 e. The molecule has 0 aromatic heterocycles. The number of ether oxygens (including phenoxy) is 2. The number of aliphatic hydroxyl groups is 1. The van der Waals surface area contributed by atoms with E-state index in [9.17, 15) is 24.2 Å². The highest BCUT2D eigenvalue weighted by Gasteiger charge is 2.27. The molecule has 10 nitrogen and oxygen atoms in total. The van der Waals surface area contributed by atoms with Crippen LogP contribution in [0.25, 0.3) is 0 Å². The summed E-state index contributed by atoms with van der Waals surface area (Å²) >= 11 is 0. The topological polar surface area (TPSA) is 129 Å². The first kappa shape index (κ1) is 55.6. The van der Waals surface area contributed by atoms with Crippen LogP contribution in [0.15, 0.2) is 109 Å². The van der Waals surface area contributed by atoms with Gasteiger partial charge in [0.2, 0.25) is 0 Å². The summed E-state index contributed by atoms with van der Waals surface area (Å²) in [6.07, 6.45) is 48.9. The summed E-state index contributed by atoms with van der Waals surface area (Å²) in [6.45, 7) is 4.00. The van der Waals surface area contributed by atoms with Crippen molar-refractivity contribution in [1.29, 1.82) is 0 Å². The minimum atomic E-state index is -4.43. The molecule has 0 aliphatic rings. The molecule has 3 atom stereocenters. The average molecular weight is 845 g/mol. The number of esters is 2. The lowest BCUT2D eigenvalue weighted by atomic mass is 10.2. The van der Waals surface area contributed by atoms with E-state index in [0.29, 0.717) is 43.1 Å². The van der Waals surface area contributed by atoms with Gasteiger partial charge < -0.3 is 24.0 Å². The van der Waals surface area contributed by atoms with Crippen molar-refractivity contribution in [1.82, 2.24) is 0 Å². The number of rotatable bonds is 37. The van der Waals surface area contributed by atoms with E-state index >= 15 is 0 Å². The Bertz CT molecular complexity index is 1380. The highest BCUT2D eigenvalue weighted by molar-refractivity contribution is 7.47. The normalized spacial score (nSPS) is 15.2. The number of quaternary nitrogens is 1.